The molecule has 2 unspecified atom stereocenters. The number of rotatable bonds is 4. The molecule has 1 heterocycles. The summed E-state index contributed by atoms with van der Waals surface area (Å²) in [5, 5.41) is -0.418. The van der Waals surface area contributed by atoms with Gasteiger partial charge < -0.3 is 10.3 Å². The van der Waals surface area contributed by atoms with Crippen molar-refractivity contribution >= 4 is 51.1 Å². The van der Waals surface area contributed by atoms with E-state index in [-0.39, 0.29) is 11.7 Å². The molecule has 2 atom stereocenters. The van der Waals surface area contributed by atoms with Gasteiger partial charge in [-0.3, -0.25) is 4.79 Å². The Kier molecular flexibility index (Phi) is 4.77. The summed E-state index contributed by atoms with van der Waals surface area (Å²) in [5.41, 5.74) is 6.67. The number of alkyl halides is 1. The second-order valence-corrected chi connectivity index (χ2v) is 7.12. The van der Waals surface area contributed by atoms with Gasteiger partial charge in [0.1, 0.15) is 17.7 Å². The lowest BCUT2D eigenvalue weighted by molar-refractivity contribution is -0.122. The third kappa shape index (κ3) is 3.01. The van der Waals surface area contributed by atoms with Crippen LogP contribution in [0.25, 0.3) is 11.0 Å². The lowest BCUT2D eigenvalue weighted by atomic mass is 10.0. The molecule has 1 amide bonds. The second kappa shape index (κ2) is 6.08. The maximum absolute atomic E-state index is 13.9. The lowest BCUT2D eigenvalue weighted by Gasteiger charge is -2.23. The van der Waals surface area contributed by atoms with E-state index in [4.69, 9.17) is 17.3 Å². The van der Waals surface area contributed by atoms with Crippen LogP contribution in [-0.2, 0) is 4.79 Å². The third-order valence-corrected chi connectivity index (χ3v) is 4.34. The number of halogens is 3. The van der Waals surface area contributed by atoms with Gasteiger partial charge in [0.15, 0.2) is 0 Å². The van der Waals surface area contributed by atoms with Gasteiger partial charge in [-0.15, -0.1) is 11.6 Å². The average molecular weight is 424 g/mol. The fourth-order valence-electron chi connectivity index (χ4n) is 2.44. The van der Waals surface area contributed by atoms with Crippen LogP contribution in [0.1, 0.15) is 38.0 Å². The Balaban J connectivity index is 2.83. The molecule has 0 radical (unpaired) electrons. The number of fused-ring (bicyclic) bond motifs is 1. The van der Waals surface area contributed by atoms with Crippen molar-refractivity contribution in [3.63, 3.8) is 0 Å². The van der Waals surface area contributed by atoms with Crippen LogP contribution in [0.5, 0.6) is 0 Å². The highest BCUT2D eigenvalue weighted by Gasteiger charge is 2.28. The van der Waals surface area contributed by atoms with Crippen LogP contribution >= 0.6 is 34.2 Å². The van der Waals surface area contributed by atoms with Gasteiger partial charge in [-0.2, -0.15) is 0 Å². The van der Waals surface area contributed by atoms with Gasteiger partial charge in [0.25, 0.3) is 0 Å². The molecule has 114 valence electrons. The molecule has 7 heteroatoms. The van der Waals surface area contributed by atoms with Crippen molar-refractivity contribution in [1.29, 1.82) is 0 Å². The van der Waals surface area contributed by atoms with E-state index in [1.807, 2.05) is 36.4 Å². The summed E-state index contributed by atoms with van der Waals surface area (Å²) in [5.74, 6) is -0.381. The molecule has 1 aromatic heterocycles. The fraction of sp³-hybridized carbons (Fsp3) is 0.429. The number of primary amides is 1. The minimum atomic E-state index is -0.620. The van der Waals surface area contributed by atoms with Crippen LogP contribution < -0.4 is 5.73 Å². The standard InChI is InChI=1S/C14H16ClFIN3O/c1-6(2)12(13(18)21)20-11-4-8(16)9(17)5-10(11)19-14(20)7(3)15/h4-7,12H,1-3H3,(H2,18,21). The lowest BCUT2D eigenvalue weighted by Crippen LogP contribution is -2.31. The smallest absolute Gasteiger partial charge is 0.240 e. The molecule has 2 aromatic rings. The highest BCUT2D eigenvalue weighted by molar-refractivity contribution is 14.1. The topological polar surface area (TPSA) is 60.9 Å². The number of carbonyl (C=O) groups is 1. The molecular weight excluding hydrogens is 408 g/mol. The predicted octanol–water partition coefficient (Wildman–Crippen LogP) is 3.76. The Morgan fingerprint density at radius 3 is 2.52 bits per heavy atom. The zero-order valence-electron chi connectivity index (χ0n) is 11.9. The minimum absolute atomic E-state index is 0.0589. The van der Waals surface area contributed by atoms with Crippen molar-refractivity contribution in [2.24, 2.45) is 11.7 Å². The quantitative estimate of drug-likeness (QED) is 0.601. The first-order chi connectivity index (χ1) is 9.73. The summed E-state index contributed by atoms with van der Waals surface area (Å²) in [6.07, 6.45) is 0. The molecule has 2 N–H and O–H groups in total. The number of aromatic nitrogens is 2. The number of nitrogens with zero attached hydrogens (tertiary/aromatic N) is 2. The first-order valence-electron chi connectivity index (χ1n) is 6.54. The molecule has 0 spiro atoms. The van der Waals surface area contributed by atoms with E-state index >= 15 is 0 Å². The van der Waals surface area contributed by atoms with Gasteiger partial charge in [0.2, 0.25) is 5.91 Å². The molecule has 0 bridgehead atoms. The Morgan fingerprint density at radius 1 is 1.43 bits per heavy atom. The number of nitrogens with two attached hydrogens (primary N) is 1. The van der Waals surface area contributed by atoms with Gasteiger partial charge in [0, 0.05) is 6.07 Å². The summed E-state index contributed by atoms with van der Waals surface area (Å²) in [6, 6.07) is 2.40. The zero-order chi connectivity index (χ0) is 15.9. The Labute approximate surface area is 141 Å². The molecule has 1 aromatic carbocycles. The monoisotopic (exact) mass is 423 g/mol. The van der Waals surface area contributed by atoms with Gasteiger partial charge in [0.05, 0.1) is 20.0 Å². The maximum Gasteiger partial charge on any atom is 0.240 e. The molecular formula is C14H16ClFIN3O. The first-order valence-corrected chi connectivity index (χ1v) is 8.05. The van der Waals surface area contributed by atoms with Crippen molar-refractivity contribution < 1.29 is 9.18 Å². The number of hydrogen-bond donors (Lipinski definition) is 1. The minimum Gasteiger partial charge on any atom is -0.368 e. The van der Waals surface area contributed by atoms with Crippen molar-refractivity contribution in [1.82, 2.24) is 9.55 Å². The Hall–Kier alpha value is -0.890. The molecule has 0 saturated carbocycles. The zero-order valence-corrected chi connectivity index (χ0v) is 14.8. The van der Waals surface area contributed by atoms with Crippen molar-refractivity contribution in [2.45, 2.75) is 32.2 Å². The van der Waals surface area contributed by atoms with Gasteiger partial charge >= 0.3 is 0 Å². The van der Waals surface area contributed by atoms with Crippen LogP contribution in [0.3, 0.4) is 0 Å². The van der Waals surface area contributed by atoms with E-state index in [0.717, 1.165) is 0 Å². The van der Waals surface area contributed by atoms with E-state index in [2.05, 4.69) is 4.98 Å². The van der Waals surface area contributed by atoms with E-state index in [1.54, 1.807) is 17.6 Å². The van der Waals surface area contributed by atoms with Gasteiger partial charge in [-0.1, -0.05) is 13.8 Å². The van der Waals surface area contributed by atoms with E-state index in [9.17, 15) is 9.18 Å². The van der Waals surface area contributed by atoms with Gasteiger partial charge in [-0.05, 0) is 41.5 Å². The highest BCUT2D eigenvalue weighted by Crippen LogP contribution is 2.32. The van der Waals surface area contributed by atoms with Crippen LogP contribution in [-0.4, -0.2) is 15.5 Å². The number of hydrogen-bond acceptors (Lipinski definition) is 2. The number of imidazole rings is 1. The summed E-state index contributed by atoms with van der Waals surface area (Å²) in [6.45, 7) is 5.53. The van der Waals surface area contributed by atoms with Crippen molar-refractivity contribution in [3.8, 4) is 0 Å². The van der Waals surface area contributed by atoms with Crippen molar-refractivity contribution in [2.75, 3.05) is 0 Å². The normalized spacial score (nSPS) is 14.6. The Bertz CT molecular complexity index is 699. The second-order valence-electron chi connectivity index (χ2n) is 5.30. The van der Waals surface area contributed by atoms with Crippen molar-refractivity contribution in [3.05, 3.63) is 27.3 Å². The predicted molar refractivity (Wildman–Crippen MR) is 89.7 cm³/mol. The number of amides is 1. The molecule has 0 aliphatic rings. The summed E-state index contributed by atoms with van der Waals surface area (Å²) in [7, 11) is 0. The first kappa shape index (κ1) is 16.5. The summed E-state index contributed by atoms with van der Waals surface area (Å²) < 4.78 is 16.0. The Morgan fingerprint density at radius 2 is 2.05 bits per heavy atom. The molecule has 0 aliphatic carbocycles. The van der Waals surface area contributed by atoms with E-state index in [0.29, 0.717) is 20.4 Å². The third-order valence-electron chi connectivity index (χ3n) is 3.32. The largest absolute Gasteiger partial charge is 0.368 e. The van der Waals surface area contributed by atoms with E-state index in [1.165, 1.54) is 6.07 Å². The van der Waals surface area contributed by atoms with Crippen LogP contribution in [0.2, 0.25) is 0 Å². The number of carbonyl (C=O) groups excluding carboxylic acids is 1. The number of benzene rings is 1. The summed E-state index contributed by atoms with van der Waals surface area (Å²) in [4.78, 5) is 16.3. The van der Waals surface area contributed by atoms with E-state index < -0.39 is 17.3 Å². The van der Waals surface area contributed by atoms with Crippen LogP contribution in [0.4, 0.5) is 4.39 Å². The molecule has 0 fully saturated rings. The maximum atomic E-state index is 13.9. The van der Waals surface area contributed by atoms with Crippen LogP contribution in [0, 0.1) is 15.3 Å². The highest BCUT2D eigenvalue weighted by atomic mass is 127. The molecule has 0 saturated heterocycles. The molecule has 4 nitrogen and oxygen atoms in total. The summed E-state index contributed by atoms with van der Waals surface area (Å²) >= 11 is 8.09. The fourth-order valence-corrected chi connectivity index (χ4v) is 3.04. The molecule has 0 aliphatic heterocycles. The SMILES string of the molecule is CC(Cl)c1nc2cc(I)c(F)cc2n1C(C(N)=O)C(C)C. The van der Waals surface area contributed by atoms with Gasteiger partial charge in [-0.25, -0.2) is 9.37 Å². The molecule has 21 heavy (non-hydrogen) atoms. The average Bonchev–Trinajstić information content (AvgIpc) is 2.68. The molecule has 2 rings (SSSR count). The van der Waals surface area contributed by atoms with Crippen LogP contribution in [0.15, 0.2) is 12.1 Å².